The van der Waals surface area contributed by atoms with Crippen molar-refractivity contribution < 1.29 is 9.66 Å². The molecule has 0 saturated heterocycles. The molecule has 23 heavy (non-hydrogen) atoms. The molecule has 0 spiro atoms. The van der Waals surface area contributed by atoms with Gasteiger partial charge in [-0.05, 0) is 31.3 Å². The van der Waals surface area contributed by atoms with Crippen LogP contribution in [0.2, 0.25) is 0 Å². The zero-order valence-corrected chi connectivity index (χ0v) is 13.8. The first-order valence-electron chi connectivity index (χ1n) is 6.77. The molecule has 1 aromatic carbocycles. The Hall–Kier alpha value is -2.68. The SMILES string of the molecule is COc1cc([N+](=O)[O-])ccc1NC(=S)NCc1cc(C)n(C)n1. The number of anilines is 1. The molecule has 0 atom stereocenters. The van der Waals surface area contributed by atoms with Crippen LogP contribution in [0.5, 0.6) is 5.75 Å². The van der Waals surface area contributed by atoms with Gasteiger partial charge in [-0.3, -0.25) is 14.8 Å². The monoisotopic (exact) mass is 335 g/mol. The van der Waals surface area contributed by atoms with Gasteiger partial charge in [-0.2, -0.15) is 5.10 Å². The standard InChI is InChI=1S/C14H17N5O3S/c1-9-6-10(17-18(9)2)8-15-14(23)16-12-5-4-11(19(20)21)7-13(12)22-3/h4-7H,8H2,1-3H3,(H2,15,16,23). The highest BCUT2D eigenvalue weighted by Crippen LogP contribution is 2.28. The van der Waals surface area contributed by atoms with E-state index in [4.69, 9.17) is 17.0 Å². The van der Waals surface area contributed by atoms with Gasteiger partial charge < -0.3 is 15.4 Å². The number of aryl methyl sites for hydroxylation is 2. The number of methoxy groups -OCH3 is 1. The van der Waals surface area contributed by atoms with E-state index in [-0.39, 0.29) is 5.69 Å². The van der Waals surface area contributed by atoms with Gasteiger partial charge in [0.2, 0.25) is 0 Å². The van der Waals surface area contributed by atoms with Gasteiger partial charge in [-0.1, -0.05) is 0 Å². The topological polar surface area (TPSA) is 94.3 Å². The number of nitrogens with zero attached hydrogens (tertiary/aromatic N) is 3. The summed E-state index contributed by atoms with van der Waals surface area (Å²) in [6.07, 6.45) is 0. The maximum Gasteiger partial charge on any atom is 0.273 e. The minimum Gasteiger partial charge on any atom is -0.494 e. The molecule has 0 saturated carbocycles. The quantitative estimate of drug-likeness (QED) is 0.491. The number of non-ortho nitro benzene ring substituents is 1. The highest BCUT2D eigenvalue weighted by molar-refractivity contribution is 7.80. The molecule has 2 rings (SSSR count). The second-order valence-electron chi connectivity index (χ2n) is 4.85. The summed E-state index contributed by atoms with van der Waals surface area (Å²) in [6.45, 7) is 2.44. The summed E-state index contributed by atoms with van der Waals surface area (Å²) in [5.41, 5.74) is 2.42. The van der Waals surface area contributed by atoms with Crippen LogP contribution in [0, 0.1) is 17.0 Å². The van der Waals surface area contributed by atoms with Crippen LogP contribution in [0.1, 0.15) is 11.4 Å². The van der Waals surface area contributed by atoms with Crippen molar-refractivity contribution in [1.82, 2.24) is 15.1 Å². The Morgan fingerprint density at radius 1 is 1.48 bits per heavy atom. The first-order chi connectivity index (χ1) is 10.9. The van der Waals surface area contributed by atoms with E-state index in [9.17, 15) is 10.1 Å². The van der Waals surface area contributed by atoms with Gasteiger partial charge in [0.25, 0.3) is 5.69 Å². The maximum absolute atomic E-state index is 10.8. The Morgan fingerprint density at radius 3 is 2.78 bits per heavy atom. The average Bonchev–Trinajstić information content (AvgIpc) is 2.84. The van der Waals surface area contributed by atoms with Gasteiger partial charge in [-0.15, -0.1) is 0 Å². The lowest BCUT2D eigenvalue weighted by Gasteiger charge is -2.12. The van der Waals surface area contributed by atoms with Gasteiger partial charge in [0.15, 0.2) is 5.11 Å². The molecule has 122 valence electrons. The van der Waals surface area contributed by atoms with Crippen molar-refractivity contribution in [2.45, 2.75) is 13.5 Å². The highest BCUT2D eigenvalue weighted by Gasteiger charge is 2.12. The maximum atomic E-state index is 10.8. The van der Waals surface area contributed by atoms with Crippen molar-refractivity contribution in [1.29, 1.82) is 0 Å². The summed E-state index contributed by atoms with van der Waals surface area (Å²) in [5, 5.41) is 21.5. The molecule has 0 radical (unpaired) electrons. The minimum absolute atomic E-state index is 0.0461. The normalized spacial score (nSPS) is 10.2. The van der Waals surface area contributed by atoms with Crippen molar-refractivity contribution in [2.24, 2.45) is 7.05 Å². The number of hydrogen-bond acceptors (Lipinski definition) is 5. The van der Waals surface area contributed by atoms with E-state index in [1.54, 1.807) is 10.7 Å². The fourth-order valence-corrected chi connectivity index (χ4v) is 2.14. The molecule has 0 unspecified atom stereocenters. The first kappa shape index (κ1) is 16.7. The van der Waals surface area contributed by atoms with Crippen molar-refractivity contribution >= 4 is 28.7 Å². The molecule has 0 bridgehead atoms. The summed E-state index contributed by atoms with van der Waals surface area (Å²) in [7, 11) is 3.31. The molecular weight excluding hydrogens is 318 g/mol. The van der Waals surface area contributed by atoms with E-state index in [0.29, 0.717) is 23.1 Å². The van der Waals surface area contributed by atoms with Crippen LogP contribution in [0.25, 0.3) is 0 Å². The van der Waals surface area contributed by atoms with E-state index in [0.717, 1.165) is 11.4 Å². The number of nitro groups is 1. The minimum atomic E-state index is -0.480. The average molecular weight is 335 g/mol. The zero-order chi connectivity index (χ0) is 17.0. The molecule has 0 fully saturated rings. The fraction of sp³-hybridized carbons (Fsp3) is 0.286. The molecule has 9 heteroatoms. The Kier molecular flexibility index (Phi) is 5.12. The van der Waals surface area contributed by atoms with Crippen LogP contribution in [-0.4, -0.2) is 26.9 Å². The summed E-state index contributed by atoms with van der Waals surface area (Å²) in [6, 6.07) is 6.24. The molecule has 2 N–H and O–H groups in total. The Morgan fingerprint density at radius 2 is 2.22 bits per heavy atom. The second-order valence-corrected chi connectivity index (χ2v) is 5.26. The number of ether oxygens (including phenoxy) is 1. The van der Waals surface area contributed by atoms with Crippen LogP contribution < -0.4 is 15.4 Å². The van der Waals surface area contributed by atoms with Gasteiger partial charge in [0.1, 0.15) is 5.75 Å². The van der Waals surface area contributed by atoms with Crippen molar-refractivity contribution in [3.05, 3.63) is 45.8 Å². The molecular formula is C14H17N5O3S. The molecule has 1 heterocycles. The molecule has 0 amide bonds. The van der Waals surface area contributed by atoms with Gasteiger partial charge >= 0.3 is 0 Å². The number of nitrogens with one attached hydrogen (secondary N) is 2. The Balaban J connectivity index is 2.00. The fourth-order valence-electron chi connectivity index (χ4n) is 1.96. The van der Waals surface area contributed by atoms with Crippen molar-refractivity contribution in [3.63, 3.8) is 0 Å². The highest BCUT2D eigenvalue weighted by atomic mass is 32.1. The summed E-state index contributed by atoms with van der Waals surface area (Å²) in [5.74, 6) is 0.344. The van der Waals surface area contributed by atoms with Gasteiger partial charge in [0, 0.05) is 18.8 Å². The lowest BCUT2D eigenvalue weighted by molar-refractivity contribution is -0.384. The lowest BCUT2D eigenvalue weighted by atomic mass is 10.2. The Labute approximate surface area is 138 Å². The first-order valence-corrected chi connectivity index (χ1v) is 7.18. The molecule has 1 aromatic heterocycles. The van der Waals surface area contributed by atoms with Crippen LogP contribution in [0.3, 0.4) is 0 Å². The molecule has 8 nitrogen and oxygen atoms in total. The van der Waals surface area contributed by atoms with Crippen LogP contribution in [0.4, 0.5) is 11.4 Å². The van der Waals surface area contributed by atoms with Crippen LogP contribution in [-0.2, 0) is 13.6 Å². The smallest absolute Gasteiger partial charge is 0.273 e. The largest absolute Gasteiger partial charge is 0.494 e. The van der Waals surface area contributed by atoms with E-state index in [1.807, 2.05) is 20.0 Å². The van der Waals surface area contributed by atoms with Gasteiger partial charge in [-0.25, -0.2) is 0 Å². The summed E-state index contributed by atoms with van der Waals surface area (Å²) < 4.78 is 6.93. The summed E-state index contributed by atoms with van der Waals surface area (Å²) >= 11 is 5.22. The third-order valence-corrected chi connectivity index (χ3v) is 3.48. The third kappa shape index (κ3) is 4.16. The van der Waals surface area contributed by atoms with E-state index in [1.165, 1.54) is 19.2 Å². The van der Waals surface area contributed by atoms with Gasteiger partial charge in [0.05, 0.1) is 36.0 Å². The number of aromatic nitrogens is 2. The van der Waals surface area contributed by atoms with Crippen molar-refractivity contribution in [2.75, 3.05) is 12.4 Å². The van der Waals surface area contributed by atoms with E-state index in [2.05, 4.69) is 15.7 Å². The molecule has 0 aliphatic rings. The molecule has 2 aromatic rings. The number of rotatable bonds is 5. The predicted molar refractivity (Wildman–Crippen MR) is 90.7 cm³/mol. The molecule has 0 aliphatic heterocycles. The van der Waals surface area contributed by atoms with Crippen molar-refractivity contribution in [3.8, 4) is 5.75 Å². The van der Waals surface area contributed by atoms with E-state index < -0.39 is 4.92 Å². The number of thiocarbonyl (C=S) groups is 1. The van der Waals surface area contributed by atoms with Crippen LogP contribution in [0.15, 0.2) is 24.3 Å². The molecule has 0 aliphatic carbocycles. The van der Waals surface area contributed by atoms with Crippen LogP contribution >= 0.6 is 12.2 Å². The third-order valence-electron chi connectivity index (χ3n) is 3.24. The van der Waals surface area contributed by atoms with E-state index >= 15 is 0 Å². The summed E-state index contributed by atoms with van der Waals surface area (Å²) in [4.78, 5) is 10.3. The number of nitro benzene ring substituents is 1. The lowest BCUT2D eigenvalue weighted by Crippen LogP contribution is -2.28. The second kappa shape index (κ2) is 7.05. The number of benzene rings is 1. The Bertz CT molecular complexity index is 725. The zero-order valence-electron chi connectivity index (χ0n) is 13.0. The predicted octanol–water partition coefficient (Wildman–Crippen LogP) is 2.13. The number of hydrogen-bond donors (Lipinski definition) is 2.